The number of anilines is 1. The van der Waals surface area contributed by atoms with E-state index in [9.17, 15) is 23.3 Å². The van der Waals surface area contributed by atoms with Crippen molar-refractivity contribution in [2.75, 3.05) is 11.9 Å². The van der Waals surface area contributed by atoms with Gasteiger partial charge in [-0.25, -0.2) is 13.4 Å². The van der Waals surface area contributed by atoms with E-state index in [0.29, 0.717) is 27.9 Å². The van der Waals surface area contributed by atoms with E-state index < -0.39 is 20.9 Å². The number of hydrogen-bond acceptors (Lipinski definition) is 9. The molecule has 0 aliphatic carbocycles. The second-order valence-electron chi connectivity index (χ2n) is 6.51. The van der Waals surface area contributed by atoms with Gasteiger partial charge >= 0.3 is 0 Å². The van der Waals surface area contributed by atoms with Crippen LogP contribution in [0.15, 0.2) is 39.8 Å². The molecule has 0 saturated carbocycles. The number of sulfonamides is 1. The maximum absolute atomic E-state index is 12.9. The minimum absolute atomic E-state index is 0.0664. The molecule has 0 radical (unpaired) electrons. The summed E-state index contributed by atoms with van der Waals surface area (Å²) < 4.78 is 32.0. The fourth-order valence-electron chi connectivity index (χ4n) is 2.97. The highest BCUT2D eigenvalue weighted by Crippen LogP contribution is 2.32. The molecule has 3 heterocycles. The molecule has 1 amide bonds. The average molecular weight is 449 g/mol. The van der Waals surface area contributed by atoms with Gasteiger partial charge in [0, 0.05) is 36.0 Å². The molecule has 1 aliphatic heterocycles. The summed E-state index contributed by atoms with van der Waals surface area (Å²) in [6, 6.07) is 6.45. The van der Waals surface area contributed by atoms with Crippen molar-refractivity contribution in [3.63, 3.8) is 0 Å². The standard InChI is InChI=1S/C17H15N5O6S2/c1-10-7-14(20-28-10)16(23)19-17-18-13-5-6-21(9-15(13)29-17)30(26,27)12-4-2-3-11(8-12)22(24)25/h2-4,7-8H,5-6,9H2,1H3,(H,18,19,23). The summed E-state index contributed by atoms with van der Waals surface area (Å²) in [5.41, 5.74) is 0.535. The number of amides is 1. The minimum atomic E-state index is -3.92. The molecule has 11 nitrogen and oxygen atoms in total. The third kappa shape index (κ3) is 3.81. The fraction of sp³-hybridized carbons (Fsp3) is 0.235. The number of fused-ring (bicyclic) bond motifs is 1. The van der Waals surface area contributed by atoms with Crippen LogP contribution in [0.2, 0.25) is 0 Å². The minimum Gasteiger partial charge on any atom is -0.361 e. The van der Waals surface area contributed by atoms with Gasteiger partial charge in [-0.1, -0.05) is 11.2 Å². The number of nitro groups is 1. The molecule has 30 heavy (non-hydrogen) atoms. The third-order valence-corrected chi connectivity index (χ3v) is 7.28. The summed E-state index contributed by atoms with van der Waals surface area (Å²) in [6.07, 6.45) is 0.360. The molecule has 13 heteroatoms. The van der Waals surface area contributed by atoms with Crippen LogP contribution in [0.25, 0.3) is 0 Å². The number of nitrogens with one attached hydrogen (secondary N) is 1. The quantitative estimate of drug-likeness (QED) is 0.461. The number of non-ortho nitro benzene ring substituents is 1. The molecule has 0 fully saturated rings. The number of carbonyl (C=O) groups is 1. The number of benzene rings is 1. The van der Waals surface area contributed by atoms with E-state index in [-0.39, 0.29) is 29.4 Å². The predicted molar refractivity (Wildman–Crippen MR) is 106 cm³/mol. The Bertz CT molecular complexity index is 1250. The van der Waals surface area contributed by atoms with Gasteiger partial charge in [0.25, 0.3) is 11.6 Å². The number of aryl methyl sites for hydroxylation is 1. The van der Waals surface area contributed by atoms with Crippen molar-refractivity contribution < 1.29 is 22.7 Å². The van der Waals surface area contributed by atoms with E-state index in [0.717, 1.165) is 6.07 Å². The number of rotatable bonds is 5. The number of nitro benzene ring substituents is 1. The lowest BCUT2D eigenvalue weighted by molar-refractivity contribution is -0.385. The maximum Gasteiger partial charge on any atom is 0.279 e. The zero-order valence-corrected chi connectivity index (χ0v) is 17.2. The molecule has 1 aliphatic rings. The van der Waals surface area contributed by atoms with E-state index in [1.807, 2.05) is 0 Å². The smallest absolute Gasteiger partial charge is 0.279 e. The van der Waals surface area contributed by atoms with Crippen LogP contribution in [0.3, 0.4) is 0 Å². The van der Waals surface area contributed by atoms with Crippen molar-refractivity contribution in [2.45, 2.75) is 24.8 Å². The molecule has 0 unspecified atom stereocenters. The molecule has 3 aromatic rings. The third-order valence-electron chi connectivity index (χ3n) is 4.44. The van der Waals surface area contributed by atoms with E-state index in [4.69, 9.17) is 4.52 Å². The van der Waals surface area contributed by atoms with Gasteiger partial charge in [0.1, 0.15) is 5.76 Å². The molecule has 0 spiro atoms. The summed E-state index contributed by atoms with van der Waals surface area (Å²) in [5, 5.41) is 17.6. The lowest BCUT2D eigenvalue weighted by Gasteiger charge is -2.25. The van der Waals surface area contributed by atoms with Gasteiger partial charge < -0.3 is 4.52 Å². The highest BCUT2D eigenvalue weighted by Gasteiger charge is 2.31. The molecule has 0 bridgehead atoms. The van der Waals surface area contributed by atoms with Gasteiger partial charge in [-0.3, -0.25) is 20.2 Å². The second kappa shape index (κ2) is 7.59. The van der Waals surface area contributed by atoms with Crippen LogP contribution in [-0.2, 0) is 23.0 Å². The summed E-state index contributed by atoms with van der Waals surface area (Å²) in [7, 11) is -3.92. The van der Waals surface area contributed by atoms with Crippen molar-refractivity contribution in [3.8, 4) is 0 Å². The van der Waals surface area contributed by atoms with Gasteiger partial charge in [-0.05, 0) is 13.0 Å². The van der Waals surface area contributed by atoms with E-state index in [2.05, 4.69) is 15.5 Å². The van der Waals surface area contributed by atoms with Crippen LogP contribution in [0.1, 0.15) is 26.8 Å². The van der Waals surface area contributed by atoms with Crippen molar-refractivity contribution in [2.24, 2.45) is 0 Å². The number of nitrogens with zero attached hydrogens (tertiary/aromatic N) is 4. The summed E-state index contributed by atoms with van der Waals surface area (Å²) in [4.78, 5) is 27.5. The van der Waals surface area contributed by atoms with E-state index in [1.165, 1.54) is 39.9 Å². The van der Waals surface area contributed by atoms with E-state index >= 15 is 0 Å². The Hall–Kier alpha value is -3.16. The maximum atomic E-state index is 12.9. The summed E-state index contributed by atoms with van der Waals surface area (Å²) in [5.74, 6) is 0.0274. The first kappa shape index (κ1) is 20.1. The first-order chi connectivity index (χ1) is 14.2. The topological polar surface area (TPSA) is 149 Å². The van der Waals surface area contributed by atoms with Crippen molar-refractivity contribution in [3.05, 3.63) is 62.5 Å². The van der Waals surface area contributed by atoms with Crippen LogP contribution >= 0.6 is 11.3 Å². The number of hydrogen-bond donors (Lipinski definition) is 1. The van der Waals surface area contributed by atoms with Crippen LogP contribution in [0.5, 0.6) is 0 Å². The Kier molecular flexibility index (Phi) is 5.09. The summed E-state index contributed by atoms with van der Waals surface area (Å²) >= 11 is 1.17. The molecule has 1 N–H and O–H groups in total. The molecule has 4 rings (SSSR count). The van der Waals surface area contributed by atoms with Crippen LogP contribution < -0.4 is 5.32 Å². The monoisotopic (exact) mass is 449 g/mol. The molecule has 0 atom stereocenters. The largest absolute Gasteiger partial charge is 0.361 e. The Balaban J connectivity index is 1.53. The van der Waals surface area contributed by atoms with Crippen molar-refractivity contribution in [1.82, 2.24) is 14.4 Å². The molecular weight excluding hydrogens is 434 g/mol. The molecule has 1 aromatic carbocycles. The highest BCUT2D eigenvalue weighted by atomic mass is 32.2. The fourth-order valence-corrected chi connectivity index (χ4v) is 5.52. The number of aromatic nitrogens is 2. The molecule has 2 aromatic heterocycles. The molecule has 0 saturated heterocycles. The van der Waals surface area contributed by atoms with E-state index in [1.54, 1.807) is 6.92 Å². The Morgan fingerprint density at radius 3 is 2.87 bits per heavy atom. The Labute approximate surface area is 174 Å². The van der Waals surface area contributed by atoms with Gasteiger partial charge in [-0.15, -0.1) is 11.3 Å². The zero-order valence-electron chi connectivity index (χ0n) is 15.6. The van der Waals surface area contributed by atoms with Crippen LogP contribution in [0.4, 0.5) is 10.8 Å². The van der Waals surface area contributed by atoms with Gasteiger partial charge in [-0.2, -0.15) is 4.31 Å². The molecular formula is C17H15N5O6S2. The Morgan fingerprint density at radius 1 is 1.37 bits per heavy atom. The normalized spacial score (nSPS) is 14.3. The van der Waals surface area contributed by atoms with Crippen molar-refractivity contribution in [1.29, 1.82) is 0 Å². The van der Waals surface area contributed by atoms with Gasteiger partial charge in [0.15, 0.2) is 10.8 Å². The summed E-state index contributed by atoms with van der Waals surface area (Å²) in [6.45, 7) is 1.91. The van der Waals surface area contributed by atoms with Gasteiger partial charge in [0.05, 0.1) is 22.1 Å². The zero-order chi connectivity index (χ0) is 21.5. The highest BCUT2D eigenvalue weighted by molar-refractivity contribution is 7.89. The SMILES string of the molecule is Cc1cc(C(=O)Nc2nc3c(s2)CN(S(=O)(=O)c2cccc([N+](=O)[O-])c2)CC3)no1. The van der Waals surface area contributed by atoms with Crippen LogP contribution in [-0.4, -0.2) is 40.2 Å². The second-order valence-corrected chi connectivity index (χ2v) is 9.53. The van der Waals surface area contributed by atoms with Crippen LogP contribution in [0, 0.1) is 17.0 Å². The lowest BCUT2D eigenvalue weighted by atomic mass is 10.2. The lowest BCUT2D eigenvalue weighted by Crippen LogP contribution is -2.35. The first-order valence-corrected chi connectivity index (χ1v) is 11.0. The number of thiazole rings is 1. The molecule has 156 valence electrons. The number of carbonyl (C=O) groups excluding carboxylic acids is 1. The predicted octanol–water partition coefficient (Wildman–Crippen LogP) is 2.35. The van der Waals surface area contributed by atoms with Crippen molar-refractivity contribution >= 4 is 38.1 Å². The Morgan fingerprint density at radius 2 is 2.17 bits per heavy atom. The van der Waals surface area contributed by atoms with Gasteiger partial charge in [0.2, 0.25) is 10.0 Å². The average Bonchev–Trinajstić information content (AvgIpc) is 3.32. The first-order valence-electron chi connectivity index (χ1n) is 8.72.